The van der Waals surface area contributed by atoms with Crippen LogP contribution in [-0.2, 0) is 9.59 Å². The van der Waals surface area contributed by atoms with Crippen molar-refractivity contribution in [2.24, 2.45) is 16.6 Å². The van der Waals surface area contributed by atoms with Gasteiger partial charge in [0.25, 0.3) is 5.91 Å². The molecule has 1 saturated heterocycles. The average Bonchev–Trinajstić information content (AvgIpc) is 2.57. The van der Waals surface area contributed by atoms with E-state index < -0.39 is 11.8 Å². The van der Waals surface area contributed by atoms with Crippen molar-refractivity contribution >= 4 is 41.0 Å². The summed E-state index contributed by atoms with van der Waals surface area (Å²) < 4.78 is 0. The van der Waals surface area contributed by atoms with Crippen molar-refractivity contribution in [3.8, 4) is 0 Å². The third-order valence-electron chi connectivity index (χ3n) is 4.42. The van der Waals surface area contributed by atoms with Crippen LogP contribution in [0.4, 0.5) is 5.69 Å². The Kier molecular flexibility index (Phi) is 5.01. The van der Waals surface area contributed by atoms with E-state index in [9.17, 15) is 9.59 Å². The molecule has 0 aromatic heterocycles. The van der Waals surface area contributed by atoms with E-state index in [0.717, 1.165) is 25.7 Å². The molecule has 3 N–H and O–H groups in total. The lowest BCUT2D eigenvalue weighted by molar-refractivity contribution is -0.130. The van der Waals surface area contributed by atoms with Gasteiger partial charge in [-0.05, 0) is 37.2 Å². The number of amides is 2. The van der Waals surface area contributed by atoms with Gasteiger partial charge in [-0.1, -0.05) is 31.0 Å². The van der Waals surface area contributed by atoms with Crippen LogP contribution in [0.1, 0.15) is 25.7 Å². The molecule has 2 amide bonds. The van der Waals surface area contributed by atoms with Gasteiger partial charge in [0.05, 0.1) is 11.7 Å². The Morgan fingerprint density at radius 3 is 2.62 bits per heavy atom. The fraction of sp³-hybridized carbons (Fsp3) is 0.412. The van der Waals surface area contributed by atoms with Crippen LogP contribution in [0, 0.1) is 5.92 Å². The second-order valence-electron chi connectivity index (χ2n) is 6.10. The number of nitrogens with two attached hydrogens (primary N) is 1. The number of anilines is 1. The Morgan fingerprint density at radius 1 is 1.21 bits per heavy atom. The predicted molar refractivity (Wildman–Crippen MR) is 96.9 cm³/mol. The van der Waals surface area contributed by atoms with Gasteiger partial charge in [0.2, 0.25) is 5.91 Å². The van der Waals surface area contributed by atoms with E-state index in [0.29, 0.717) is 5.69 Å². The maximum Gasteiger partial charge on any atom is 0.251 e. The molecule has 3 rings (SSSR count). The predicted octanol–water partition coefficient (Wildman–Crippen LogP) is 1.39. The highest BCUT2D eigenvalue weighted by Gasteiger charge is 2.38. The molecule has 1 aliphatic carbocycles. The number of rotatable bonds is 3. The van der Waals surface area contributed by atoms with Gasteiger partial charge in [0.1, 0.15) is 0 Å². The van der Waals surface area contributed by atoms with Crippen LogP contribution in [0.2, 0.25) is 0 Å². The Bertz CT molecular complexity index is 676. The van der Waals surface area contributed by atoms with Crippen molar-refractivity contribution in [2.75, 3.05) is 4.90 Å². The SMILES string of the molecule is N[C@H]1CCCC[C@H]1N=C[C@H]1C(=O)NC(=S)N(c2ccccc2)C1=O. The first-order valence-corrected chi connectivity index (χ1v) is 8.51. The van der Waals surface area contributed by atoms with E-state index in [1.165, 1.54) is 11.1 Å². The Morgan fingerprint density at radius 2 is 1.92 bits per heavy atom. The van der Waals surface area contributed by atoms with E-state index in [-0.39, 0.29) is 23.1 Å². The van der Waals surface area contributed by atoms with E-state index in [1.807, 2.05) is 18.2 Å². The summed E-state index contributed by atoms with van der Waals surface area (Å²) in [6, 6.07) is 8.97. The fourth-order valence-electron chi connectivity index (χ4n) is 3.07. The molecule has 1 saturated carbocycles. The maximum absolute atomic E-state index is 12.8. The lowest BCUT2D eigenvalue weighted by Crippen LogP contribution is -2.58. The summed E-state index contributed by atoms with van der Waals surface area (Å²) in [7, 11) is 0. The number of para-hydroxylation sites is 1. The molecule has 0 spiro atoms. The zero-order chi connectivity index (χ0) is 17.1. The molecule has 1 aromatic rings. The number of benzene rings is 1. The van der Waals surface area contributed by atoms with Crippen molar-refractivity contribution in [2.45, 2.75) is 37.8 Å². The molecular weight excluding hydrogens is 324 g/mol. The summed E-state index contributed by atoms with van der Waals surface area (Å²) in [6.07, 6.45) is 5.42. The highest BCUT2D eigenvalue weighted by molar-refractivity contribution is 7.80. The minimum absolute atomic E-state index is 0.0111. The molecule has 126 valence electrons. The molecule has 6 nitrogen and oxygen atoms in total. The number of nitrogens with one attached hydrogen (secondary N) is 1. The normalized spacial score (nSPS) is 28.3. The molecule has 2 fully saturated rings. The molecule has 3 atom stereocenters. The van der Waals surface area contributed by atoms with Gasteiger partial charge in [-0.15, -0.1) is 0 Å². The number of carbonyl (C=O) groups excluding carboxylic acids is 2. The number of aliphatic imine (C=N–C) groups is 1. The third kappa shape index (κ3) is 3.37. The van der Waals surface area contributed by atoms with Gasteiger partial charge in [0.15, 0.2) is 11.0 Å². The van der Waals surface area contributed by atoms with Crippen molar-refractivity contribution in [3.05, 3.63) is 30.3 Å². The van der Waals surface area contributed by atoms with Crippen LogP contribution in [0.15, 0.2) is 35.3 Å². The standard InChI is InChI=1S/C17H20N4O2S/c18-13-8-4-5-9-14(13)19-10-12-15(22)20-17(24)21(16(12)23)11-6-2-1-3-7-11/h1-3,6-7,10,12-14H,4-5,8-9,18H2,(H,20,22,24)/t12-,13-,14+/m0/s1. The van der Waals surface area contributed by atoms with Crippen LogP contribution in [-0.4, -0.2) is 35.2 Å². The van der Waals surface area contributed by atoms with E-state index in [2.05, 4.69) is 10.3 Å². The number of thiocarbonyl (C=S) groups is 1. The fourth-order valence-corrected chi connectivity index (χ4v) is 3.36. The molecule has 7 heteroatoms. The van der Waals surface area contributed by atoms with Gasteiger partial charge in [0, 0.05) is 12.3 Å². The third-order valence-corrected chi connectivity index (χ3v) is 4.71. The molecule has 1 heterocycles. The summed E-state index contributed by atoms with van der Waals surface area (Å²) >= 11 is 5.15. The molecule has 1 aromatic carbocycles. The Hall–Kier alpha value is -2.12. The molecule has 1 aliphatic heterocycles. The van der Waals surface area contributed by atoms with Crippen LogP contribution in [0.5, 0.6) is 0 Å². The van der Waals surface area contributed by atoms with Gasteiger partial charge < -0.3 is 11.1 Å². The quantitative estimate of drug-likeness (QED) is 0.493. The number of hydrogen-bond donors (Lipinski definition) is 2. The second kappa shape index (κ2) is 7.19. The second-order valence-corrected chi connectivity index (χ2v) is 6.48. The number of nitrogens with zero attached hydrogens (tertiary/aromatic N) is 2. The van der Waals surface area contributed by atoms with Crippen molar-refractivity contribution in [1.82, 2.24) is 5.32 Å². The summed E-state index contributed by atoms with van der Waals surface area (Å²) in [5.41, 5.74) is 6.70. The summed E-state index contributed by atoms with van der Waals surface area (Å²) in [5.74, 6) is -1.81. The molecule has 2 aliphatic rings. The van der Waals surface area contributed by atoms with E-state index in [4.69, 9.17) is 18.0 Å². The zero-order valence-electron chi connectivity index (χ0n) is 13.2. The van der Waals surface area contributed by atoms with Crippen LogP contribution in [0.3, 0.4) is 0 Å². The summed E-state index contributed by atoms with van der Waals surface area (Å²) in [6.45, 7) is 0. The maximum atomic E-state index is 12.8. The van der Waals surface area contributed by atoms with E-state index in [1.54, 1.807) is 12.1 Å². The number of hydrogen-bond acceptors (Lipinski definition) is 5. The van der Waals surface area contributed by atoms with E-state index >= 15 is 0 Å². The summed E-state index contributed by atoms with van der Waals surface area (Å²) in [4.78, 5) is 30.7. The monoisotopic (exact) mass is 344 g/mol. The van der Waals surface area contributed by atoms with Gasteiger partial charge in [-0.2, -0.15) is 0 Å². The highest BCUT2D eigenvalue weighted by atomic mass is 32.1. The number of carbonyl (C=O) groups is 2. The van der Waals surface area contributed by atoms with Crippen LogP contribution in [0.25, 0.3) is 0 Å². The highest BCUT2D eigenvalue weighted by Crippen LogP contribution is 2.22. The van der Waals surface area contributed by atoms with Gasteiger partial charge in [-0.25, -0.2) is 0 Å². The molecule has 0 bridgehead atoms. The van der Waals surface area contributed by atoms with Crippen molar-refractivity contribution in [3.63, 3.8) is 0 Å². The molecule has 0 unspecified atom stereocenters. The minimum atomic E-state index is -0.981. The molecule has 0 radical (unpaired) electrons. The van der Waals surface area contributed by atoms with Crippen molar-refractivity contribution in [1.29, 1.82) is 0 Å². The van der Waals surface area contributed by atoms with Crippen LogP contribution < -0.4 is 16.0 Å². The smallest absolute Gasteiger partial charge is 0.251 e. The minimum Gasteiger partial charge on any atom is -0.326 e. The lowest BCUT2D eigenvalue weighted by Gasteiger charge is -2.31. The molecule has 24 heavy (non-hydrogen) atoms. The first kappa shape index (κ1) is 16.7. The Labute approximate surface area is 146 Å². The largest absolute Gasteiger partial charge is 0.326 e. The zero-order valence-corrected chi connectivity index (χ0v) is 14.0. The first-order chi connectivity index (χ1) is 11.6. The van der Waals surface area contributed by atoms with Gasteiger partial charge >= 0.3 is 0 Å². The van der Waals surface area contributed by atoms with Crippen LogP contribution >= 0.6 is 12.2 Å². The first-order valence-electron chi connectivity index (χ1n) is 8.10. The Balaban J connectivity index is 1.80. The lowest BCUT2D eigenvalue weighted by atomic mass is 9.91. The average molecular weight is 344 g/mol. The topological polar surface area (TPSA) is 87.8 Å². The van der Waals surface area contributed by atoms with Crippen molar-refractivity contribution < 1.29 is 9.59 Å². The molecular formula is C17H20N4O2S. The van der Waals surface area contributed by atoms with Gasteiger partial charge in [-0.3, -0.25) is 19.5 Å². The summed E-state index contributed by atoms with van der Waals surface area (Å²) in [5, 5.41) is 2.68.